The maximum atomic E-state index is 12.4. The van der Waals surface area contributed by atoms with Gasteiger partial charge in [0.2, 0.25) is 0 Å². The number of benzene rings is 3. The van der Waals surface area contributed by atoms with Gasteiger partial charge in [-0.2, -0.15) is 5.10 Å². The lowest BCUT2D eigenvalue weighted by Crippen LogP contribution is -2.20. The fourth-order valence-electron chi connectivity index (χ4n) is 3.36. The van der Waals surface area contributed by atoms with Gasteiger partial charge in [-0.3, -0.25) is 4.79 Å². The third kappa shape index (κ3) is 5.52. The highest BCUT2D eigenvalue weighted by atomic mass is 35.5. The van der Waals surface area contributed by atoms with Gasteiger partial charge in [-0.25, -0.2) is 10.4 Å². The third-order valence-electron chi connectivity index (χ3n) is 4.96. The van der Waals surface area contributed by atoms with Crippen molar-refractivity contribution < 1.29 is 14.6 Å². The Balaban J connectivity index is 1.44. The van der Waals surface area contributed by atoms with Crippen molar-refractivity contribution in [1.29, 1.82) is 0 Å². The van der Waals surface area contributed by atoms with Gasteiger partial charge in [0.15, 0.2) is 16.7 Å². The summed E-state index contributed by atoms with van der Waals surface area (Å²) in [4.78, 5) is 17.1. The second-order valence-corrected chi connectivity index (χ2v) is 8.62. The number of para-hydroxylation sites is 3. The van der Waals surface area contributed by atoms with Gasteiger partial charge in [0, 0.05) is 10.6 Å². The summed E-state index contributed by atoms with van der Waals surface area (Å²) in [5.41, 5.74) is 5.72. The number of nitrogens with zero attached hydrogens (tertiary/aromatic N) is 3. The highest BCUT2D eigenvalue weighted by Crippen LogP contribution is 2.29. The predicted octanol–water partition coefficient (Wildman–Crippen LogP) is 5.08. The van der Waals surface area contributed by atoms with Crippen LogP contribution in [0, 0.1) is 0 Å². The van der Waals surface area contributed by atoms with Crippen molar-refractivity contribution in [3.05, 3.63) is 82.9 Å². The van der Waals surface area contributed by atoms with Gasteiger partial charge >= 0.3 is 0 Å². The summed E-state index contributed by atoms with van der Waals surface area (Å²) in [7, 11) is 0. The summed E-state index contributed by atoms with van der Waals surface area (Å²) < 4.78 is 7.41. The largest absolute Gasteiger partial charge is 0.504 e. The number of nitrogens with one attached hydrogen (secondary N) is 1. The summed E-state index contributed by atoms with van der Waals surface area (Å²) in [6.07, 6.45) is 1.38. The first-order chi connectivity index (χ1) is 16.6. The molecule has 174 valence electrons. The van der Waals surface area contributed by atoms with E-state index >= 15 is 0 Å². The SMILES string of the molecule is CCOc1cccc(/C=N/NC(=O)CSc2nc3ccccc3n2Cc2ccccc2Cl)c1O. The minimum atomic E-state index is -0.293. The summed E-state index contributed by atoms with van der Waals surface area (Å²) in [6, 6.07) is 20.6. The first-order valence-corrected chi connectivity index (χ1v) is 12.0. The molecule has 1 amide bonds. The quantitative estimate of drug-likeness (QED) is 0.192. The van der Waals surface area contributed by atoms with Gasteiger partial charge < -0.3 is 14.4 Å². The lowest BCUT2D eigenvalue weighted by atomic mass is 10.2. The van der Waals surface area contributed by atoms with Crippen LogP contribution in [0.3, 0.4) is 0 Å². The molecule has 0 unspecified atom stereocenters. The van der Waals surface area contributed by atoms with E-state index in [0.29, 0.717) is 34.6 Å². The Morgan fingerprint density at radius 2 is 1.97 bits per heavy atom. The van der Waals surface area contributed by atoms with Gasteiger partial charge in [0.05, 0.1) is 36.2 Å². The van der Waals surface area contributed by atoms with Gasteiger partial charge in [-0.05, 0) is 42.8 Å². The number of amides is 1. The van der Waals surface area contributed by atoms with Gasteiger partial charge in [-0.15, -0.1) is 0 Å². The fourth-order valence-corrected chi connectivity index (χ4v) is 4.37. The molecule has 0 bridgehead atoms. The molecule has 4 rings (SSSR count). The Bertz CT molecular complexity index is 1340. The van der Waals surface area contributed by atoms with Crippen LogP contribution < -0.4 is 10.2 Å². The van der Waals surface area contributed by atoms with E-state index in [9.17, 15) is 9.90 Å². The van der Waals surface area contributed by atoms with Crippen LogP contribution in [0.5, 0.6) is 11.5 Å². The number of phenolic OH excluding ortho intramolecular Hbond substituents is 1. The Labute approximate surface area is 206 Å². The Kier molecular flexibility index (Phi) is 7.72. The number of ether oxygens (including phenoxy) is 1. The lowest BCUT2D eigenvalue weighted by molar-refractivity contribution is -0.118. The normalized spacial score (nSPS) is 11.2. The van der Waals surface area contributed by atoms with E-state index in [1.165, 1.54) is 18.0 Å². The van der Waals surface area contributed by atoms with Crippen molar-refractivity contribution in [2.45, 2.75) is 18.6 Å². The summed E-state index contributed by atoms with van der Waals surface area (Å²) in [5, 5.41) is 15.6. The van der Waals surface area contributed by atoms with Crippen molar-refractivity contribution >= 4 is 46.5 Å². The molecule has 34 heavy (non-hydrogen) atoms. The number of rotatable bonds is 9. The number of carbonyl (C=O) groups excluding carboxylic acids is 1. The van der Waals surface area contributed by atoms with Crippen LogP contribution in [0.4, 0.5) is 0 Å². The predicted molar refractivity (Wildman–Crippen MR) is 136 cm³/mol. The van der Waals surface area contributed by atoms with E-state index in [0.717, 1.165) is 16.6 Å². The number of fused-ring (bicyclic) bond motifs is 1. The van der Waals surface area contributed by atoms with Gasteiger partial charge in [0.1, 0.15) is 0 Å². The van der Waals surface area contributed by atoms with Gasteiger partial charge in [-0.1, -0.05) is 59.8 Å². The van der Waals surface area contributed by atoms with Crippen LogP contribution in [0.1, 0.15) is 18.1 Å². The molecule has 0 aliphatic carbocycles. The van der Waals surface area contributed by atoms with Crippen molar-refractivity contribution in [2.75, 3.05) is 12.4 Å². The van der Waals surface area contributed by atoms with Crippen LogP contribution in [0.25, 0.3) is 11.0 Å². The number of halogens is 1. The summed E-state index contributed by atoms with van der Waals surface area (Å²) >= 11 is 7.69. The van der Waals surface area contributed by atoms with Crippen molar-refractivity contribution in [3.63, 3.8) is 0 Å². The first kappa shape index (κ1) is 23.7. The van der Waals surface area contributed by atoms with Crippen LogP contribution in [-0.2, 0) is 11.3 Å². The van der Waals surface area contributed by atoms with E-state index in [2.05, 4.69) is 15.1 Å². The molecule has 1 heterocycles. The van der Waals surface area contributed by atoms with E-state index in [1.54, 1.807) is 18.2 Å². The number of aromatic hydroxyl groups is 1. The molecule has 2 N–H and O–H groups in total. The van der Waals surface area contributed by atoms with E-state index in [4.69, 9.17) is 21.3 Å². The molecule has 0 fully saturated rings. The van der Waals surface area contributed by atoms with Gasteiger partial charge in [0.25, 0.3) is 5.91 Å². The number of hydrazone groups is 1. The molecule has 0 spiro atoms. The number of hydrogen-bond donors (Lipinski definition) is 2. The van der Waals surface area contributed by atoms with Crippen LogP contribution >= 0.6 is 23.4 Å². The molecule has 7 nitrogen and oxygen atoms in total. The number of imidazole rings is 1. The zero-order valence-corrected chi connectivity index (χ0v) is 20.0. The average molecular weight is 495 g/mol. The first-order valence-electron chi connectivity index (χ1n) is 10.6. The summed E-state index contributed by atoms with van der Waals surface area (Å²) in [6.45, 7) is 2.81. The maximum Gasteiger partial charge on any atom is 0.250 e. The molecular weight excluding hydrogens is 472 g/mol. The molecule has 0 saturated carbocycles. The minimum Gasteiger partial charge on any atom is -0.504 e. The molecule has 0 aliphatic rings. The molecule has 0 atom stereocenters. The van der Waals surface area contributed by atoms with Crippen LogP contribution in [0.2, 0.25) is 5.02 Å². The molecular formula is C25H23ClN4O3S. The highest BCUT2D eigenvalue weighted by molar-refractivity contribution is 7.99. The maximum absolute atomic E-state index is 12.4. The van der Waals surface area contributed by atoms with Crippen LogP contribution in [0.15, 0.2) is 77.0 Å². The Morgan fingerprint density at radius 3 is 2.79 bits per heavy atom. The lowest BCUT2D eigenvalue weighted by Gasteiger charge is -2.10. The zero-order chi connectivity index (χ0) is 23.9. The number of carbonyl (C=O) groups is 1. The van der Waals surface area contributed by atoms with Crippen molar-refractivity contribution in [2.24, 2.45) is 5.10 Å². The fraction of sp³-hybridized carbons (Fsp3) is 0.160. The topological polar surface area (TPSA) is 88.7 Å². The second-order valence-electron chi connectivity index (χ2n) is 7.27. The zero-order valence-electron chi connectivity index (χ0n) is 18.4. The molecule has 0 saturated heterocycles. The van der Waals surface area contributed by atoms with Crippen molar-refractivity contribution in [3.8, 4) is 11.5 Å². The second kappa shape index (κ2) is 11.1. The van der Waals surface area contributed by atoms with E-state index in [1.807, 2.05) is 55.5 Å². The Morgan fingerprint density at radius 1 is 1.18 bits per heavy atom. The monoisotopic (exact) mass is 494 g/mol. The standard InChI is InChI=1S/C25H23ClN4O3S/c1-2-33-22-13-7-9-17(24(22)32)14-27-29-23(31)16-34-25-28-20-11-5-6-12-21(20)30(25)15-18-8-3-4-10-19(18)26/h3-14,32H,2,15-16H2,1H3,(H,29,31)/b27-14+. The molecule has 0 radical (unpaired) electrons. The average Bonchev–Trinajstić information content (AvgIpc) is 3.19. The molecule has 1 aromatic heterocycles. The molecule has 9 heteroatoms. The minimum absolute atomic E-state index is 0.0231. The van der Waals surface area contributed by atoms with Crippen LogP contribution in [-0.4, -0.2) is 39.1 Å². The van der Waals surface area contributed by atoms with E-state index < -0.39 is 0 Å². The third-order valence-corrected chi connectivity index (χ3v) is 6.31. The number of phenols is 1. The highest BCUT2D eigenvalue weighted by Gasteiger charge is 2.14. The number of aromatic nitrogens is 2. The molecule has 3 aromatic carbocycles. The smallest absolute Gasteiger partial charge is 0.250 e. The molecule has 4 aromatic rings. The summed E-state index contributed by atoms with van der Waals surface area (Å²) in [5.74, 6) is 0.169. The number of hydrogen-bond acceptors (Lipinski definition) is 6. The molecule has 0 aliphatic heterocycles. The van der Waals surface area contributed by atoms with E-state index in [-0.39, 0.29) is 17.4 Å². The Hall–Kier alpha value is -3.49. The van der Waals surface area contributed by atoms with Crippen molar-refractivity contribution in [1.82, 2.24) is 15.0 Å². The number of thioether (sulfide) groups is 1.